The monoisotopic (exact) mass is 319 g/mol. The van der Waals surface area contributed by atoms with E-state index in [9.17, 15) is 4.79 Å². The van der Waals surface area contributed by atoms with Crippen LogP contribution in [0.15, 0.2) is 18.2 Å². The molecule has 5 nitrogen and oxygen atoms in total. The number of methoxy groups -OCH3 is 1. The molecule has 1 amide bonds. The minimum atomic E-state index is -0.456. The number of nitrogens with zero attached hydrogens (tertiary/aromatic N) is 1. The molecule has 0 aliphatic carbocycles. The van der Waals surface area contributed by atoms with Gasteiger partial charge < -0.3 is 19.1 Å². The molecule has 0 atom stereocenters. The summed E-state index contributed by atoms with van der Waals surface area (Å²) in [7, 11) is 1.66. The van der Waals surface area contributed by atoms with Gasteiger partial charge in [0.15, 0.2) is 11.5 Å². The lowest BCUT2D eigenvalue weighted by atomic mass is 9.74. The van der Waals surface area contributed by atoms with Crippen molar-refractivity contribution in [3.8, 4) is 11.5 Å². The van der Waals surface area contributed by atoms with Crippen molar-refractivity contribution in [1.82, 2.24) is 4.90 Å². The van der Waals surface area contributed by atoms with Crippen molar-refractivity contribution in [2.24, 2.45) is 0 Å². The summed E-state index contributed by atoms with van der Waals surface area (Å²) >= 11 is 0. The molecule has 126 valence electrons. The maximum atomic E-state index is 12.2. The molecule has 1 aromatic carbocycles. The molecule has 0 aromatic heterocycles. The fraction of sp³-hybridized carbons (Fsp3) is 0.611. The lowest BCUT2D eigenvalue weighted by Crippen LogP contribution is -2.47. The zero-order valence-corrected chi connectivity index (χ0v) is 14.3. The highest BCUT2D eigenvalue weighted by Gasteiger charge is 2.45. The second-order valence-corrected chi connectivity index (χ2v) is 7.37. The molecule has 3 rings (SSSR count). The summed E-state index contributed by atoms with van der Waals surface area (Å²) in [6.45, 7) is 7.71. The molecule has 2 aliphatic heterocycles. The summed E-state index contributed by atoms with van der Waals surface area (Å²) in [6, 6.07) is 6.05. The van der Waals surface area contributed by atoms with Crippen molar-refractivity contribution in [3.05, 3.63) is 23.8 Å². The van der Waals surface area contributed by atoms with Crippen molar-refractivity contribution >= 4 is 6.09 Å². The van der Waals surface area contributed by atoms with Gasteiger partial charge in [-0.3, -0.25) is 0 Å². The normalized spacial score (nSPS) is 19.2. The fourth-order valence-electron chi connectivity index (χ4n) is 3.39. The second kappa shape index (κ2) is 5.62. The molecule has 0 N–H and O–H groups in total. The van der Waals surface area contributed by atoms with Crippen molar-refractivity contribution in [2.45, 2.75) is 44.6 Å². The van der Waals surface area contributed by atoms with Gasteiger partial charge in [0, 0.05) is 24.1 Å². The van der Waals surface area contributed by atoms with Crippen LogP contribution < -0.4 is 9.47 Å². The second-order valence-electron chi connectivity index (χ2n) is 7.37. The van der Waals surface area contributed by atoms with Gasteiger partial charge in [-0.2, -0.15) is 0 Å². The zero-order valence-electron chi connectivity index (χ0n) is 14.3. The fourth-order valence-corrected chi connectivity index (χ4v) is 3.39. The maximum Gasteiger partial charge on any atom is 0.410 e. The lowest BCUT2D eigenvalue weighted by molar-refractivity contribution is 0.0152. The highest BCUT2D eigenvalue weighted by atomic mass is 16.6. The molecule has 0 unspecified atom stereocenters. The molecular weight excluding hydrogens is 294 g/mol. The standard InChI is InChI=1S/C18H25NO4/c1-17(2,3)23-16(20)19-10-8-18(9-11-19)12-22-15-13(18)6-5-7-14(15)21-4/h5-7H,8-12H2,1-4H3. The maximum absolute atomic E-state index is 12.2. The number of carbonyl (C=O) groups excluding carboxylic acids is 1. The first kappa shape index (κ1) is 16.0. The van der Waals surface area contributed by atoms with Crippen LogP contribution in [0.3, 0.4) is 0 Å². The third-order valence-electron chi connectivity index (χ3n) is 4.64. The summed E-state index contributed by atoms with van der Waals surface area (Å²) < 4.78 is 16.8. The average molecular weight is 319 g/mol. The van der Waals surface area contributed by atoms with E-state index in [0.29, 0.717) is 19.7 Å². The number of para-hydroxylation sites is 1. The molecule has 2 aliphatic rings. The van der Waals surface area contributed by atoms with E-state index in [1.807, 2.05) is 32.9 Å². The Balaban J connectivity index is 1.72. The number of carbonyl (C=O) groups is 1. The molecule has 0 bridgehead atoms. The van der Waals surface area contributed by atoms with E-state index in [4.69, 9.17) is 14.2 Å². The molecule has 23 heavy (non-hydrogen) atoms. The van der Waals surface area contributed by atoms with E-state index in [-0.39, 0.29) is 11.5 Å². The predicted molar refractivity (Wildman–Crippen MR) is 87.2 cm³/mol. The number of benzene rings is 1. The smallest absolute Gasteiger partial charge is 0.410 e. The van der Waals surface area contributed by atoms with Crippen molar-refractivity contribution in [1.29, 1.82) is 0 Å². The van der Waals surface area contributed by atoms with Crippen LogP contribution in [-0.4, -0.2) is 43.4 Å². The van der Waals surface area contributed by atoms with Gasteiger partial charge in [-0.05, 0) is 39.7 Å². The number of rotatable bonds is 1. The number of fused-ring (bicyclic) bond motifs is 2. The van der Waals surface area contributed by atoms with E-state index in [1.54, 1.807) is 12.0 Å². The first-order valence-corrected chi connectivity index (χ1v) is 8.13. The summed E-state index contributed by atoms with van der Waals surface area (Å²) in [6.07, 6.45) is 1.54. The highest BCUT2D eigenvalue weighted by Crippen LogP contribution is 2.49. The van der Waals surface area contributed by atoms with Gasteiger partial charge in [-0.1, -0.05) is 12.1 Å². The first-order valence-electron chi connectivity index (χ1n) is 8.13. The van der Waals surface area contributed by atoms with E-state index in [2.05, 4.69) is 6.07 Å². The van der Waals surface area contributed by atoms with Crippen LogP contribution in [0.1, 0.15) is 39.2 Å². The molecule has 1 spiro atoms. The van der Waals surface area contributed by atoms with Crippen LogP contribution in [0.5, 0.6) is 11.5 Å². The van der Waals surface area contributed by atoms with Crippen LogP contribution in [0.4, 0.5) is 4.79 Å². The molecule has 2 heterocycles. The Kier molecular flexibility index (Phi) is 3.90. The van der Waals surface area contributed by atoms with E-state index in [0.717, 1.165) is 24.3 Å². The predicted octanol–water partition coefficient (Wildman–Crippen LogP) is 3.36. The molecule has 1 fully saturated rings. The number of hydrogen-bond donors (Lipinski definition) is 0. The van der Waals surface area contributed by atoms with Crippen molar-refractivity contribution in [2.75, 3.05) is 26.8 Å². The largest absolute Gasteiger partial charge is 0.493 e. The number of hydrogen-bond acceptors (Lipinski definition) is 4. The summed E-state index contributed by atoms with van der Waals surface area (Å²) in [5.41, 5.74) is 0.742. The highest BCUT2D eigenvalue weighted by molar-refractivity contribution is 5.68. The van der Waals surface area contributed by atoms with Crippen molar-refractivity contribution < 1.29 is 19.0 Å². The van der Waals surface area contributed by atoms with E-state index < -0.39 is 5.60 Å². The SMILES string of the molecule is COc1cccc2c1OCC21CCN(C(=O)OC(C)(C)C)CC1. The molecule has 5 heteroatoms. The minimum absolute atomic E-state index is 0.0115. The number of likely N-dealkylation sites (tertiary alicyclic amines) is 1. The molecule has 0 saturated carbocycles. The first-order chi connectivity index (χ1) is 10.8. The van der Waals surface area contributed by atoms with Gasteiger partial charge in [0.25, 0.3) is 0 Å². The Morgan fingerprint density at radius 3 is 2.57 bits per heavy atom. The van der Waals surface area contributed by atoms with Gasteiger partial charge >= 0.3 is 6.09 Å². The summed E-state index contributed by atoms with van der Waals surface area (Å²) in [4.78, 5) is 14.0. The Labute approximate surface area is 137 Å². The Morgan fingerprint density at radius 1 is 1.26 bits per heavy atom. The van der Waals surface area contributed by atoms with Gasteiger partial charge in [0.1, 0.15) is 5.60 Å². The Bertz CT molecular complexity index is 598. The van der Waals surface area contributed by atoms with E-state index >= 15 is 0 Å². The topological polar surface area (TPSA) is 48.0 Å². The van der Waals surface area contributed by atoms with Crippen LogP contribution in [-0.2, 0) is 10.2 Å². The lowest BCUT2D eigenvalue weighted by Gasteiger charge is -2.38. The van der Waals surface area contributed by atoms with Gasteiger partial charge in [0.2, 0.25) is 0 Å². The quantitative estimate of drug-likeness (QED) is 0.796. The van der Waals surface area contributed by atoms with Gasteiger partial charge in [-0.25, -0.2) is 4.79 Å². The number of piperidine rings is 1. The van der Waals surface area contributed by atoms with Gasteiger partial charge in [-0.15, -0.1) is 0 Å². The Morgan fingerprint density at radius 2 is 1.96 bits per heavy atom. The van der Waals surface area contributed by atoms with Crippen LogP contribution >= 0.6 is 0 Å². The minimum Gasteiger partial charge on any atom is -0.493 e. The average Bonchev–Trinajstić information content (AvgIpc) is 2.85. The summed E-state index contributed by atoms with van der Waals surface area (Å²) in [5, 5.41) is 0. The molecule has 0 radical (unpaired) electrons. The van der Waals surface area contributed by atoms with E-state index in [1.165, 1.54) is 5.56 Å². The number of ether oxygens (including phenoxy) is 3. The van der Waals surface area contributed by atoms with Crippen LogP contribution in [0.2, 0.25) is 0 Å². The zero-order chi connectivity index (χ0) is 16.7. The third kappa shape index (κ3) is 2.96. The summed E-state index contributed by atoms with van der Waals surface area (Å²) in [5.74, 6) is 1.65. The van der Waals surface area contributed by atoms with Crippen LogP contribution in [0.25, 0.3) is 0 Å². The number of amides is 1. The molecule has 1 aromatic rings. The Hall–Kier alpha value is -1.91. The third-order valence-corrected chi connectivity index (χ3v) is 4.64. The van der Waals surface area contributed by atoms with Gasteiger partial charge in [0.05, 0.1) is 13.7 Å². The molecular formula is C18H25NO4. The van der Waals surface area contributed by atoms with Crippen molar-refractivity contribution in [3.63, 3.8) is 0 Å². The molecule has 1 saturated heterocycles. The van der Waals surface area contributed by atoms with Crippen LogP contribution in [0, 0.1) is 0 Å².